The van der Waals surface area contributed by atoms with Crippen LogP contribution in [0.1, 0.15) is 40.0 Å². The van der Waals surface area contributed by atoms with Gasteiger partial charge in [-0.15, -0.1) is 0 Å². The molecule has 0 aliphatic heterocycles. The van der Waals surface area contributed by atoms with Gasteiger partial charge in [-0.2, -0.15) is 0 Å². The van der Waals surface area contributed by atoms with E-state index in [4.69, 9.17) is 4.74 Å². The van der Waals surface area contributed by atoms with E-state index in [-0.39, 0.29) is 29.0 Å². The molecule has 1 N–H and O–H groups in total. The Hall–Kier alpha value is -3.49. The fourth-order valence-corrected chi connectivity index (χ4v) is 4.64. The van der Waals surface area contributed by atoms with Crippen molar-refractivity contribution in [3.63, 3.8) is 0 Å². The second-order valence-electron chi connectivity index (χ2n) is 7.96. The van der Waals surface area contributed by atoms with Gasteiger partial charge in [-0.05, 0) is 42.7 Å². The second kappa shape index (κ2) is 11.1. The first-order valence-electron chi connectivity index (χ1n) is 10.8. The average molecular weight is 481 g/mol. The molecule has 1 atom stereocenters. The monoisotopic (exact) mass is 480 g/mol. The summed E-state index contributed by atoms with van der Waals surface area (Å²) in [4.78, 5) is 26.6. The summed E-state index contributed by atoms with van der Waals surface area (Å²) in [6, 6.07) is 22.7. The number of sulfonamides is 1. The normalized spacial score (nSPS) is 12.1. The molecule has 0 spiro atoms. The van der Waals surface area contributed by atoms with Crippen molar-refractivity contribution in [2.75, 3.05) is 13.7 Å². The van der Waals surface area contributed by atoms with Gasteiger partial charge in [0.05, 0.1) is 16.5 Å². The van der Waals surface area contributed by atoms with E-state index < -0.39 is 22.6 Å². The maximum Gasteiger partial charge on any atom is 0.338 e. The molecular formula is C26H28N2O5S. The number of likely N-dealkylation sites (N-methyl/N-ethyl adjacent to an activating group) is 1. The van der Waals surface area contributed by atoms with Gasteiger partial charge in [0.25, 0.3) is 5.91 Å². The molecule has 3 aromatic rings. The molecule has 0 aromatic heterocycles. The number of carbonyl (C=O) groups excluding carboxylic acids is 2. The van der Waals surface area contributed by atoms with E-state index in [1.807, 2.05) is 67.6 Å². The molecule has 0 bridgehead atoms. The van der Waals surface area contributed by atoms with Crippen molar-refractivity contribution in [1.82, 2.24) is 9.62 Å². The number of nitrogens with one attached hydrogen (secondary N) is 1. The molecule has 34 heavy (non-hydrogen) atoms. The Morgan fingerprint density at radius 2 is 1.59 bits per heavy atom. The third-order valence-electron chi connectivity index (χ3n) is 5.61. The first-order chi connectivity index (χ1) is 16.2. The number of nitrogens with zero attached hydrogens (tertiary/aromatic N) is 1. The first kappa shape index (κ1) is 25.1. The number of benzene rings is 3. The van der Waals surface area contributed by atoms with E-state index in [2.05, 4.69) is 4.72 Å². The van der Waals surface area contributed by atoms with E-state index in [0.717, 1.165) is 11.1 Å². The Morgan fingerprint density at radius 1 is 0.971 bits per heavy atom. The Bertz CT molecular complexity index is 1240. The van der Waals surface area contributed by atoms with Crippen molar-refractivity contribution < 1.29 is 22.7 Å². The molecular weight excluding hydrogens is 452 g/mol. The largest absolute Gasteiger partial charge is 0.452 e. The zero-order valence-corrected chi connectivity index (χ0v) is 20.2. The van der Waals surface area contributed by atoms with Gasteiger partial charge in [0.15, 0.2) is 6.61 Å². The second-order valence-corrected chi connectivity index (χ2v) is 9.69. The van der Waals surface area contributed by atoms with Gasteiger partial charge in [-0.1, -0.05) is 66.7 Å². The minimum Gasteiger partial charge on any atom is -0.452 e. The number of esters is 1. The van der Waals surface area contributed by atoms with Crippen LogP contribution in [0.2, 0.25) is 0 Å². The topological polar surface area (TPSA) is 92.8 Å². The van der Waals surface area contributed by atoms with Gasteiger partial charge in [-0.3, -0.25) is 4.79 Å². The molecule has 0 aliphatic carbocycles. The van der Waals surface area contributed by atoms with Gasteiger partial charge >= 0.3 is 5.97 Å². The highest BCUT2D eigenvalue weighted by atomic mass is 32.2. The van der Waals surface area contributed by atoms with E-state index >= 15 is 0 Å². The molecule has 0 saturated carbocycles. The molecule has 0 aliphatic rings. The highest BCUT2D eigenvalue weighted by Crippen LogP contribution is 2.20. The fraction of sp³-hybridized carbons (Fsp3) is 0.231. The molecule has 178 valence electrons. The van der Waals surface area contributed by atoms with Gasteiger partial charge in [0.1, 0.15) is 0 Å². The molecule has 1 amide bonds. The molecule has 3 rings (SSSR count). The quantitative estimate of drug-likeness (QED) is 0.470. The Labute approximate surface area is 200 Å². The maximum absolute atomic E-state index is 12.8. The summed E-state index contributed by atoms with van der Waals surface area (Å²) in [7, 11) is -2.22. The van der Waals surface area contributed by atoms with Gasteiger partial charge in [0, 0.05) is 13.6 Å². The molecule has 7 nitrogen and oxygen atoms in total. The summed E-state index contributed by atoms with van der Waals surface area (Å²) in [5.74, 6) is -1.14. The predicted molar refractivity (Wildman–Crippen MR) is 130 cm³/mol. The van der Waals surface area contributed by atoms with Crippen molar-refractivity contribution >= 4 is 21.9 Å². The van der Waals surface area contributed by atoms with Crippen LogP contribution in [0.5, 0.6) is 0 Å². The molecule has 3 aromatic carbocycles. The zero-order chi connectivity index (χ0) is 24.7. The third kappa shape index (κ3) is 6.30. The Kier molecular flexibility index (Phi) is 8.20. The van der Waals surface area contributed by atoms with Crippen LogP contribution in [0, 0.1) is 6.92 Å². The highest BCUT2D eigenvalue weighted by Gasteiger charge is 2.22. The summed E-state index contributed by atoms with van der Waals surface area (Å²) in [5, 5.41) is 0. The lowest BCUT2D eigenvalue weighted by Gasteiger charge is -2.25. The summed E-state index contributed by atoms with van der Waals surface area (Å²) in [5.41, 5.74) is 2.31. The predicted octanol–water partition coefficient (Wildman–Crippen LogP) is 3.85. The molecule has 1 unspecified atom stereocenters. The van der Waals surface area contributed by atoms with Crippen LogP contribution in [0.25, 0.3) is 0 Å². The fourth-order valence-electron chi connectivity index (χ4n) is 3.35. The molecule has 0 radical (unpaired) electrons. The summed E-state index contributed by atoms with van der Waals surface area (Å²) in [6.45, 7) is 3.21. The smallest absolute Gasteiger partial charge is 0.338 e. The van der Waals surface area contributed by atoms with E-state index in [9.17, 15) is 18.0 Å². The number of carbonyl (C=O) groups is 2. The number of hydrogen-bond donors (Lipinski definition) is 1. The van der Waals surface area contributed by atoms with Crippen molar-refractivity contribution in [3.8, 4) is 0 Å². The van der Waals surface area contributed by atoms with E-state index in [1.54, 1.807) is 20.0 Å². The number of rotatable bonds is 9. The van der Waals surface area contributed by atoms with Crippen LogP contribution in [-0.2, 0) is 26.1 Å². The van der Waals surface area contributed by atoms with Crippen molar-refractivity contribution in [2.24, 2.45) is 0 Å². The van der Waals surface area contributed by atoms with Crippen LogP contribution in [0.3, 0.4) is 0 Å². The van der Waals surface area contributed by atoms with Crippen LogP contribution in [0.4, 0.5) is 0 Å². The molecule has 0 heterocycles. The summed E-state index contributed by atoms with van der Waals surface area (Å²) >= 11 is 0. The standard InChI is InChI=1S/C26H28N2O5S/c1-19-14-15-23(16-24(19)34(31,32)27-17-21-10-6-4-7-11-21)26(30)33-18-25(29)28(3)20(2)22-12-8-5-9-13-22/h4-16,20,27H,17-18H2,1-3H3. The lowest BCUT2D eigenvalue weighted by molar-refractivity contribution is -0.135. The number of amides is 1. The van der Waals surface area contributed by atoms with Crippen LogP contribution in [-0.4, -0.2) is 38.8 Å². The highest BCUT2D eigenvalue weighted by molar-refractivity contribution is 7.89. The van der Waals surface area contributed by atoms with Crippen LogP contribution in [0.15, 0.2) is 83.8 Å². The summed E-state index contributed by atoms with van der Waals surface area (Å²) in [6.07, 6.45) is 0. The number of ether oxygens (including phenoxy) is 1. The van der Waals surface area contributed by atoms with Crippen molar-refractivity contribution in [1.29, 1.82) is 0 Å². The van der Waals surface area contributed by atoms with E-state index in [0.29, 0.717) is 5.56 Å². The third-order valence-corrected chi connectivity index (χ3v) is 7.15. The SMILES string of the molecule is Cc1ccc(C(=O)OCC(=O)N(C)C(C)c2ccccc2)cc1S(=O)(=O)NCc1ccccc1. The van der Waals surface area contributed by atoms with Crippen molar-refractivity contribution in [3.05, 3.63) is 101 Å². The lowest BCUT2D eigenvalue weighted by atomic mass is 10.1. The van der Waals surface area contributed by atoms with Gasteiger partial charge < -0.3 is 9.64 Å². The Balaban J connectivity index is 1.65. The average Bonchev–Trinajstić information content (AvgIpc) is 2.86. The van der Waals surface area contributed by atoms with Gasteiger partial charge in [-0.25, -0.2) is 17.9 Å². The molecule has 8 heteroatoms. The minimum atomic E-state index is -3.86. The van der Waals surface area contributed by atoms with Crippen LogP contribution < -0.4 is 4.72 Å². The summed E-state index contributed by atoms with van der Waals surface area (Å²) < 4.78 is 33.4. The minimum absolute atomic E-state index is 0.0148. The Morgan fingerprint density at radius 3 is 2.24 bits per heavy atom. The maximum atomic E-state index is 12.8. The number of aryl methyl sites for hydroxylation is 1. The molecule has 0 fully saturated rings. The van der Waals surface area contributed by atoms with E-state index in [1.165, 1.54) is 17.0 Å². The van der Waals surface area contributed by atoms with Crippen LogP contribution >= 0.6 is 0 Å². The first-order valence-corrected chi connectivity index (χ1v) is 12.3. The molecule has 0 saturated heterocycles. The van der Waals surface area contributed by atoms with Gasteiger partial charge in [0.2, 0.25) is 10.0 Å². The number of hydrogen-bond acceptors (Lipinski definition) is 5. The zero-order valence-electron chi connectivity index (χ0n) is 19.4. The lowest BCUT2D eigenvalue weighted by Crippen LogP contribution is -2.33. The van der Waals surface area contributed by atoms with Crippen molar-refractivity contribution in [2.45, 2.75) is 31.3 Å².